The van der Waals surface area contributed by atoms with Gasteiger partial charge in [-0.2, -0.15) is 18.4 Å². The van der Waals surface area contributed by atoms with E-state index in [1.165, 1.54) is 18.6 Å². The number of alkyl halides is 3. The minimum atomic E-state index is -4.67. The van der Waals surface area contributed by atoms with Crippen molar-refractivity contribution >= 4 is 35.1 Å². The smallest absolute Gasteiger partial charge is 0.433 e. The van der Waals surface area contributed by atoms with Gasteiger partial charge in [0, 0.05) is 11.3 Å². The third kappa shape index (κ3) is 6.88. The second-order valence-corrected chi connectivity index (χ2v) is 12.5. The lowest BCUT2D eigenvalue weighted by Crippen LogP contribution is -2.39. The molecule has 1 aliphatic heterocycles. The normalized spacial score (nSPS) is 14.6. The number of methoxy groups -OCH3 is 2. The first-order valence-corrected chi connectivity index (χ1v) is 16.3. The van der Waals surface area contributed by atoms with Gasteiger partial charge in [0.2, 0.25) is 0 Å². The summed E-state index contributed by atoms with van der Waals surface area (Å²) in [5.41, 5.74) is 1.37. The highest BCUT2D eigenvalue weighted by Gasteiger charge is 2.35. The van der Waals surface area contributed by atoms with Gasteiger partial charge in [0.25, 0.3) is 5.56 Å². The first-order valence-electron chi connectivity index (χ1n) is 14.5. The number of hydrogen-bond acceptors (Lipinski definition) is 10. The Morgan fingerprint density at radius 3 is 2.48 bits per heavy atom. The monoisotopic (exact) mass is 694 g/mol. The first-order chi connectivity index (χ1) is 22.9. The molecule has 0 saturated heterocycles. The molecule has 2 aromatic carbocycles. The molecule has 1 aliphatic rings. The third-order valence-electron chi connectivity index (χ3n) is 7.50. The Kier molecular flexibility index (Phi) is 10.1. The molecule has 1 atom stereocenters. The van der Waals surface area contributed by atoms with E-state index in [0.29, 0.717) is 43.2 Å². The number of halogens is 3. The van der Waals surface area contributed by atoms with Crippen LogP contribution in [0.25, 0.3) is 6.08 Å². The van der Waals surface area contributed by atoms with Crippen molar-refractivity contribution in [3.8, 4) is 17.6 Å². The maximum atomic E-state index is 14.0. The average molecular weight is 695 g/mol. The fraction of sp³-hybridized carbons (Fsp3) is 0.265. The average Bonchev–Trinajstić information content (AvgIpc) is 3.36. The molecule has 0 unspecified atom stereocenters. The summed E-state index contributed by atoms with van der Waals surface area (Å²) in [6.07, 6.45) is -2.99. The second-order valence-electron chi connectivity index (χ2n) is 10.5. The lowest BCUT2D eigenvalue weighted by Gasteiger charge is -2.24. The predicted octanol–water partition coefficient (Wildman–Crippen LogP) is 5.70. The summed E-state index contributed by atoms with van der Waals surface area (Å²) in [4.78, 5) is 35.9. The van der Waals surface area contributed by atoms with Gasteiger partial charge in [0.05, 0.1) is 48.2 Å². The van der Waals surface area contributed by atoms with E-state index in [1.807, 2.05) is 6.07 Å². The molecular weight excluding hydrogens is 666 g/mol. The highest BCUT2D eigenvalue weighted by atomic mass is 32.2. The minimum absolute atomic E-state index is 0.0445. The molecule has 0 fully saturated rings. The van der Waals surface area contributed by atoms with Crippen LogP contribution >= 0.6 is 23.1 Å². The number of nitrogens with zero attached hydrogens (tertiary/aromatic N) is 4. The summed E-state index contributed by atoms with van der Waals surface area (Å²) in [6.45, 7) is 4.99. The van der Waals surface area contributed by atoms with E-state index in [2.05, 4.69) is 9.98 Å². The number of hydrogen-bond donors (Lipinski definition) is 0. The van der Waals surface area contributed by atoms with Gasteiger partial charge >= 0.3 is 12.1 Å². The fourth-order valence-electron chi connectivity index (χ4n) is 5.22. The topological polar surface area (TPSA) is 116 Å². The van der Waals surface area contributed by atoms with Crippen LogP contribution in [0.2, 0.25) is 0 Å². The number of aryl methyl sites for hydroxylation is 1. The van der Waals surface area contributed by atoms with Gasteiger partial charge in [-0.1, -0.05) is 29.5 Å². The lowest BCUT2D eigenvalue weighted by atomic mass is 9.96. The van der Waals surface area contributed by atoms with Crippen molar-refractivity contribution in [1.29, 1.82) is 5.26 Å². The van der Waals surface area contributed by atoms with Crippen LogP contribution in [0.15, 0.2) is 74.6 Å². The van der Waals surface area contributed by atoms with Gasteiger partial charge < -0.3 is 14.2 Å². The molecule has 9 nitrogen and oxygen atoms in total. The third-order valence-corrected chi connectivity index (χ3v) is 9.51. The molecule has 0 spiro atoms. The number of fused-ring (bicyclic) bond motifs is 1. The molecule has 0 radical (unpaired) electrons. The number of benzene rings is 2. The summed E-state index contributed by atoms with van der Waals surface area (Å²) in [6, 6.07) is 14.3. The molecule has 0 aliphatic carbocycles. The SMILES string of the molecule is CCOC(=O)C1=C(C)N=c2sc(=Cc3ccc(OC)c(CSc4nc(C(F)(F)F)cc(C)c4C#N)c3)c(=O)n2[C@@H]1c1ccc(OC)cc1. The maximum absolute atomic E-state index is 14.0. The van der Waals surface area contributed by atoms with E-state index in [4.69, 9.17) is 14.2 Å². The van der Waals surface area contributed by atoms with Crippen LogP contribution in [0, 0.1) is 18.3 Å². The summed E-state index contributed by atoms with van der Waals surface area (Å²) >= 11 is 2.14. The molecule has 5 rings (SSSR count). The number of allylic oxidation sites excluding steroid dienone is 1. The van der Waals surface area contributed by atoms with Gasteiger partial charge in [-0.15, -0.1) is 11.8 Å². The zero-order valence-electron chi connectivity index (χ0n) is 26.5. The van der Waals surface area contributed by atoms with E-state index < -0.39 is 23.9 Å². The number of rotatable bonds is 9. The van der Waals surface area contributed by atoms with Crippen molar-refractivity contribution in [3.05, 3.63) is 113 Å². The fourth-order valence-corrected chi connectivity index (χ4v) is 7.30. The van der Waals surface area contributed by atoms with E-state index >= 15 is 0 Å². The van der Waals surface area contributed by atoms with Crippen LogP contribution in [-0.4, -0.2) is 36.3 Å². The molecule has 0 N–H and O–H groups in total. The molecule has 248 valence electrons. The number of carbonyl (C=O) groups excluding carboxylic acids is 1. The Morgan fingerprint density at radius 2 is 1.85 bits per heavy atom. The van der Waals surface area contributed by atoms with E-state index in [-0.39, 0.29) is 39.6 Å². The maximum Gasteiger partial charge on any atom is 0.433 e. The highest BCUT2D eigenvalue weighted by molar-refractivity contribution is 7.98. The van der Waals surface area contributed by atoms with Crippen LogP contribution in [0.3, 0.4) is 0 Å². The van der Waals surface area contributed by atoms with Crippen molar-refractivity contribution in [2.45, 2.75) is 43.8 Å². The first kappa shape index (κ1) is 34.5. The number of aromatic nitrogens is 2. The number of thiazole rings is 1. The molecule has 14 heteroatoms. The van der Waals surface area contributed by atoms with E-state index in [0.717, 1.165) is 29.2 Å². The number of thioether (sulfide) groups is 1. The van der Waals surface area contributed by atoms with Crippen molar-refractivity contribution in [1.82, 2.24) is 9.55 Å². The Hall–Kier alpha value is -4.87. The Morgan fingerprint density at radius 1 is 1.12 bits per heavy atom. The van der Waals surface area contributed by atoms with Gasteiger partial charge in [0.15, 0.2) is 4.80 Å². The van der Waals surface area contributed by atoms with Crippen molar-refractivity contribution in [2.75, 3.05) is 20.8 Å². The standard InChI is InChI=1S/C34H29F3N4O5S2/c1-6-46-32(43)28-19(3)39-33-41(29(28)21-8-10-23(44-4)11-9-21)31(42)26(48-33)15-20-7-12-25(45-5)22(14-20)17-47-30-24(16-38)18(2)13-27(40-30)34(35,36)37/h7-15,29H,6,17H2,1-5H3/t29-/m1/s1. The number of esters is 1. The molecule has 2 aromatic heterocycles. The van der Waals surface area contributed by atoms with Crippen LogP contribution < -0.4 is 24.4 Å². The van der Waals surface area contributed by atoms with Gasteiger partial charge in [-0.3, -0.25) is 9.36 Å². The molecule has 3 heterocycles. The van der Waals surface area contributed by atoms with Crippen molar-refractivity contribution in [2.24, 2.45) is 4.99 Å². The Balaban J connectivity index is 1.57. The molecule has 48 heavy (non-hydrogen) atoms. The predicted molar refractivity (Wildman–Crippen MR) is 175 cm³/mol. The van der Waals surface area contributed by atoms with E-state index in [9.17, 15) is 28.0 Å². The zero-order chi connectivity index (χ0) is 34.7. The molecular formula is C34H29F3N4O5S2. The van der Waals surface area contributed by atoms with Gasteiger partial charge in [0.1, 0.15) is 28.3 Å². The summed E-state index contributed by atoms with van der Waals surface area (Å²) in [7, 11) is 3.01. The quantitative estimate of drug-likeness (QED) is 0.162. The summed E-state index contributed by atoms with van der Waals surface area (Å²) in [5.74, 6) is 0.642. The second kappa shape index (κ2) is 14.1. The minimum Gasteiger partial charge on any atom is -0.497 e. The summed E-state index contributed by atoms with van der Waals surface area (Å²) < 4.78 is 58.4. The molecule has 0 amide bonds. The largest absolute Gasteiger partial charge is 0.497 e. The lowest BCUT2D eigenvalue weighted by molar-refractivity contribution is -0.141. The number of carbonyl (C=O) groups is 1. The Bertz CT molecular complexity index is 2150. The Labute approximate surface area is 281 Å². The number of ether oxygens (including phenoxy) is 3. The highest BCUT2D eigenvalue weighted by Crippen LogP contribution is 2.35. The molecule has 0 saturated carbocycles. The van der Waals surface area contributed by atoms with Crippen LogP contribution in [-0.2, 0) is 21.5 Å². The van der Waals surface area contributed by atoms with Crippen LogP contribution in [0.1, 0.15) is 53.4 Å². The van der Waals surface area contributed by atoms with Crippen molar-refractivity contribution in [3.63, 3.8) is 0 Å². The zero-order valence-corrected chi connectivity index (χ0v) is 28.1. The van der Waals surface area contributed by atoms with Crippen molar-refractivity contribution < 1.29 is 32.2 Å². The summed E-state index contributed by atoms with van der Waals surface area (Å²) in [5, 5.41) is 9.57. The van der Waals surface area contributed by atoms with Gasteiger partial charge in [-0.05, 0) is 73.9 Å². The van der Waals surface area contributed by atoms with Crippen LogP contribution in [0.5, 0.6) is 11.5 Å². The number of pyridine rings is 1. The molecule has 0 bridgehead atoms. The van der Waals surface area contributed by atoms with Gasteiger partial charge in [-0.25, -0.2) is 14.8 Å². The molecule has 4 aromatic rings. The van der Waals surface area contributed by atoms with Crippen LogP contribution in [0.4, 0.5) is 13.2 Å². The number of nitriles is 1. The van der Waals surface area contributed by atoms with E-state index in [1.54, 1.807) is 69.5 Å².